The van der Waals surface area contributed by atoms with Crippen LogP contribution in [0.2, 0.25) is 26.7 Å². The van der Waals surface area contributed by atoms with Crippen molar-refractivity contribution in [3.63, 3.8) is 0 Å². The maximum Gasteiger partial charge on any atom is 0.254 e. The number of hydrogen-bond acceptors (Lipinski definition) is 5. The normalized spacial score (nSPS) is 21.7. The summed E-state index contributed by atoms with van der Waals surface area (Å²) in [6.45, 7) is 18.7. The van der Waals surface area contributed by atoms with E-state index in [0.29, 0.717) is 71.4 Å². The van der Waals surface area contributed by atoms with Gasteiger partial charge in [-0.15, -0.1) is 0 Å². The standard InChI is InChI=1S/C36H51Cl2N3O4Si/c1-24(2)46(25(3)4,26(5)6)45-34-13-15-40(41-14-7-8-35(41)42)23-30(34)20-31-32(37)21-29(22-33(31)38)27-9-11-28(12-10-27)36(43)39-16-18-44-19-17-39/h9-12,21-22,24-26,30,34H,7-8,13-20,23H2,1-6H3. The Balaban J connectivity index is 1.39. The molecule has 3 heterocycles. The number of hydrazine groups is 1. The molecular weight excluding hydrogens is 637 g/mol. The van der Waals surface area contributed by atoms with Gasteiger partial charge in [-0.1, -0.05) is 76.9 Å². The van der Waals surface area contributed by atoms with Crippen molar-refractivity contribution in [1.82, 2.24) is 14.9 Å². The summed E-state index contributed by atoms with van der Waals surface area (Å²) in [5.74, 6) is 0.373. The molecular formula is C36H51Cl2N3O4Si. The summed E-state index contributed by atoms with van der Waals surface area (Å²) >= 11 is 14.1. The molecule has 10 heteroatoms. The van der Waals surface area contributed by atoms with Crippen LogP contribution >= 0.6 is 23.2 Å². The minimum atomic E-state index is -2.14. The first-order chi connectivity index (χ1) is 21.9. The number of rotatable bonds is 10. The Hall–Kier alpha value is -1.94. The van der Waals surface area contributed by atoms with Crippen LogP contribution in [0, 0.1) is 5.92 Å². The van der Waals surface area contributed by atoms with Crippen LogP contribution in [0.15, 0.2) is 36.4 Å². The summed E-state index contributed by atoms with van der Waals surface area (Å²) in [6, 6.07) is 11.6. The van der Waals surface area contributed by atoms with E-state index in [2.05, 4.69) is 46.6 Å². The maximum atomic E-state index is 12.9. The number of amides is 2. The second-order valence-electron chi connectivity index (χ2n) is 14.2. The molecule has 0 aromatic heterocycles. The fourth-order valence-corrected chi connectivity index (χ4v) is 14.4. The molecule has 2 aromatic rings. The fourth-order valence-electron chi connectivity index (χ4n) is 8.15. The molecule has 2 atom stereocenters. The lowest BCUT2D eigenvalue weighted by Crippen LogP contribution is -2.57. The molecule has 0 radical (unpaired) electrons. The molecule has 3 aliphatic rings. The maximum absolute atomic E-state index is 12.9. The summed E-state index contributed by atoms with van der Waals surface area (Å²) < 4.78 is 12.8. The second kappa shape index (κ2) is 15.1. The third-order valence-corrected chi connectivity index (χ3v) is 17.3. The summed E-state index contributed by atoms with van der Waals surface area (Å²) in [7, 11) is -2.14. The molecule has 0 bridgehead atoms. The van der Waals surface area contributed by atoms with Crippen molar-refractivity contribution in [2.75, 3.05) is 45.9 Å². The van der Waals surface area contributed by atoms with Gasteiger partial charge in [0.25, 0.3) is 5.91 Å². The molecule has 7 nitrogen and oxygen atoms in total. The Labute approximate surface area is 286 Å². The highest BCUT2D eigenvalue weighted by Gasteiger charge is 2.49. The number of benzene rings is 2. The lowest BCUT2D eigenvalue weighted by molar-refractivity contribution is -0.149. The molecule has 5 rings (SSSR count). The average molecular weight is 689 g/mol. The van der Waals surface area contributed by atoms with Crippen molar-refractivity contribution in [2.45, 2.75) is 90.0 Å². The molecule has 2 unspecified atom stereocenters. The predicted octanol–water partition coefficient (Wildman–Crippen LogP) is 8.10. The van der Waals surface area contributed by atoms with Crippen LogP contribution in [0.1, 0.15) is 76.7 Å². The van der Waals surface area contributed by atoms with Crippen molar-refractivity contribution in [1.29, 1.82) is 0 Å². The van der Waals surface area contributed by atoms with Gasteiger partial charge < -0.3 is 14.1 Å². The largest absolute Gasteiger partial charge is 0.413 e. The number of hydrogen-bond donors (Lipinski definition) is 0. The fraction of sp³-hybridized carbons (Fsp3) is 0.611. The van der Waals surface area contributed by atoms with E-state index in [0.717, 1.165) is 49.2 Å². The summed E-state index contributed by atoms with van der Waals surface area (Å²) in [5.41, 5.74) is 4.89. The van der Waals surface area contributed by atoms with Gasteiger partial charge in [-0.05, 0) is 76.8 Å². The zero-order valence-corrected chi connectivity index (χ0v) is 30.9. The van der Waals surface area contributed by atoms with Gasteiger partial charge in [0, 0.05) is 60.7 Å². The van der Waals surface area contributed by atoms with Crippen LogP contribution in [0.4, 0.5) is 0 Å². The smallest absolute Gasteiger partial charge is 0.254 e. The lowest BCUT2D eigenvalue weighted by atomic mass is 9.88. The SMILES string of the molecule is CC(C)[Si](OC1CCN(N2CCCC2=O)CC1Cc1c(Cl)cc(-c2ccc(C(=O)N3CCOCC3)cc2)cc1Cl)(C(C)C)C(C)C. The first kappa shape index (κ1) is 35.4. The number of ether oxygens (including phenoxy) is 1. The van der Waals surface area contributed by atoms with E-state index in [-0.39, 0.29) is 23.8 Å². The third kappa shape index (κ3) is 7.37. The Kier molecular flexibility index (Phi) is 11.6. The van der Waals surface area contributed by atoms with E-state index in [9.17, 15) is 9.59 Å². The summed E-state index contributed by atoms with van der Waals surface area (Å²) in [5, 5.41) is 5.47. The minimum absolute atomic E-state index is 0.0228. The zero-order valence-electron chi connectivity index (χ0n) is 28.4. The first-order valence-corrected chi connectivity index (χ1v) is 20.0. The van der Waals surface area contributed by atoms with Crippen LogP contribution in [0.25, 0.3) is 11.1 Å². The second-order valence-corrected chi connectivity index (χ2v) is 20.4. The lowest BCUT2D eigenvalue weighted by Gasteiger charge is -2.49. The number of halogens is 2. The number of nitrogens with zero attached hydrogens (tertiary/aromatic N) is 3. The monoisotopic (exact) mass is 687 g/mol. The average Bonchev–Trinajstić information content (AvgIpc) is 3.47. The van der Waals surface area contributed by atoms with Gasteiger partial charge in [0.15, 0.2) is 0 Å². The van der Waals surface area contributed by atoms with Crippen molar-refractivity contribution in [3.05, 3.63) is 57.6 Å². The Morgan fingerprint density at radius 1 is 0.913 bits per heavy atom. The van der Waals surface area contributed by atoms with Crippen LogP contribution in [0.5, 0.6) is 0 Å². The molecule has 3 saturated heterocycles. The topological polar surface area (TPSA) is 62.3 Å². The molecule has 46 heavy (non-hydrogen) atoms. The number of piperidine rings is 1. The quantitative estimate of drug-likeness (QED) is 0.236. The molecule has 252 valence electrons. The minimum Gasteiger partial charge on any atom is -0.413 e. The molecule has 0 N–H and O–H groups in total. The van der Waals surface area contributed by atoms with Crippen LogP contribution in [-0.4, -0.2) is 87.1 Å². The van der Waals surface area contributed by atoms with Gasteiger partial charge >= 0.3 is 0 Å². The zero-order chi connectivity index (χ0) is 33.2. The van der Waals surface area contributed by atoms with Crippen molar-refractivity contribution in [2.24, 2.45) is 5.92 Å². The predicted molar refractivity (Wildman–Crippen MR) is 189 cm³/mol. The van der Waals surface area contributed by atoms with E-state index in [1.165, 1.54) is 0 Å². The van der Waals surface area contributed by atoms with E-state index in [4.69, 9.17) is 32.4 Å². The third-order valence-electron chi connectivity index (χ3n) is 10.5. The first-order valence-electron chi connectivity index (χ1n) is 17.1. The van der Waals surface area contributed by atoms with Crippen LogP contribution in [0.3, 0.4) is 0 Å². The van der Waals surface area contributed by atoms with Gasteiger partial charge in [0.05, 0.1) is 19.3 Å². The van der Waals surface area contributed by atoms with E-state index >= 15 is 0 Å². The molecule has 0 saturated carbocycles. The number of carbonyl (C=O) groups is 2. The van der Waals surface area contributed by atoms with Gasteiger partial charge in [-0.25, -0.2) is 5.01 Å². The van der Waals surface area contributed by atoms with Crippen molar-refractivity contribution in [3.8, 4) is 11.1 Å². The van der Waals surface area contributed by atoms with E-state index in [1.807, 2.05) is 46.3 Å². The summed E-state index contributed by atoms with van der Waals surface area (Å²) in [6.07, 6.45) is 3.14. The molecule has 3 fully saturated rings. The number of carbonyl (C=O) groups excluding carboxylic acids is 2. The summed E-state index contributed by atoms with van der Waals surface area (Å²) in [4.78, 5) is 27.5. The van der Waals surface area contributed by atoms with Crippen LogP contribution in [-0.2, 0) is 20.4 Å². The van der Waals surface area contributed by atoms with E-state index in [1.54, 1.807) is 0 Å². The molecule has 2 aromatic carbocycles. The Bertz CT molecular complexity index is 1340. The highest BCUT2D eigenvalue weighted by Crippen LogP contribution is 2.45. The molecule has 2 amide bonds. The number of morpholine rings is 1. The molecule has 3 aliphatic heterocycles. The van der Waals surface area contributed by atoms with Gasteiger partial charge in [0.2, 0.25) is 14.2 Å². The van der Waals surface area contributed by atoms with Crippen LogP contribution < -0.4 is 0 Å². The van der Waals surface area contributed by atoms with Gasteiger partial charge in [-0.3, -0.25) is 14.6 Å². The van der Waals surface area contributed by atoms with Crippen molar-refractivity contribution < 1.29 is 18.8 Å². The molecule has 0 spiro atoms. The highest BCUT2D eigenvalue weighted by atomic mass is 35.5. The molecule has 0 aliphatic carbocycles. The van der Waals surface area contributed by atoms with Gasteiger partial charge in [-0.2, -0.15) is 0 Å². The highest BCUT2D eigenvalue weighted by molar-refractivity contribution is 6.77. The van der Waals surface area contributed by atoms with Crippen molar-refractivity contribution >= 4 is 43.3 Å². The Morgan fingerprint density at radius 2 is 1.52 bits per heavy atom. The van der Waals surface area contributed by atoms with Gasteiger partial charge in [0.1, 0.15) is 0 Å². The van der Waals surface area contributed by atoms with E-state index < -0.39 is 8.32 Å². The Morgan fingerprint density at radius 3 is 2.07 bits per heavy atom.